The first-order valence-corrected chi connectivity index (χ1v) is 5.67. The molecule has 2 saturated heterocycles. The Hall–Kier alpha value is -2.36. The van der Waals surface area contributed by atoms with Crippen LogP contribution in [-0.4, -0.2) is 45.6 Å². The fourth-order valence-corrected chi connectivity index (χ4v) is 2.48. The van der Waals surface area contributed by atoms with Crippen molar-refractivity contribution in [2.45, 2.75) is 24.7 Å². The van der Waals surface area contributed by atoms with Gasteiger partial charge in [-0.25, -0.2) is 14.5 Å². The number of nitrogens with one attached hydrogen (secondary N) is 3. The molecule has 108 valence electrons. The van der Waals surface area contributed by atoms with Crippen LogP contribution in [0.3, 0.4) is 0 Å². The Morgan fingerprint density at radius 2 is 1.80 bits per heavy atom. The summed E-state index contributed by atoms with van der Waals surface area (Å²) in [4.78, 5) is 58.2. The maximum Gasteiger partial charge on any atom is 0.330 e. The average Bonchev–Trinajstić information content (AvgIpc) is 2.45. The second-order valence-electron chi connectivity index (χ2n) is 4.09. The molecule has 0 bridgehead atoms. The van der Waals surface area contributed by atoms with Crippen LogP contribution < -0.4 is 16.0 Å². The van der Waals surface area contributed by atoms with E-state index < -0.39 is 40.7 Å². The van der Waals surface area contributed by atoms with Crippen molar-refractivity contribution in [2.24, 2.45) is 0 Å². The molecule has 0 aromatic rings. The summed E-state index contributed by atoms with van der Waals surface area (Å²) >= 11 is 6.07. The predicted molar refractivity (Wildman–Crippen MR) is 60.8 cm³/mol. The van der Waals surface area contributed by atoms with Crippen molar-refractivity contribution in [2.75, 3.05) is 0 Å². The molecule has 2 unspecified atom stereocenters. The SMILES string of the molecule is CC(=O)OC12NC(=O)N(C(C)=O)C1(Cl)NC(=O)NC2=O. The largest absolute Gasteiger partial charge is 0.423 e. The van der Waals surface area contributed by atoms with E-state index in [2.05, 4.69) is 0 Å². The van der Waals surface area contributed by atoms with E-state index in [0.717, 1.165) is 13.8 Å². The maximum atomic E-state index is 12.0. The molecule has 2 aliphatic rings. The highest BCUT2D eigenvalue weighted by atomic mass is 35.5. The van der Waals surface area contributed by atoms with Gasteiger partial charge in [-0.3, -0.25) is 30.3 Å². The van der Waals surface area contributed by atoms with Gasteiger partial charge in [0.2, 0.25) is 5.91 Å². The summed E-state index contributed by atoms with van der Waals surface area (Å²) in [6, 6.07) is -2.14. The quantitative estimate of drug-likeness (QED) is 0.308. The maximum absolute atomic E-state index is 12.0. The first-order valence-electron chi connectivity index (χ1n) is 5.29. The van der Waals surface area contributed by atoms with E-state index in [1.54, 1.807) is 5.32 Å². The predicted octanol–water partition coefficient (Wildman–Crippen LogP) is -1.45. The number of ether oxygens (including phenoxy) is 1. The molecule has 2 rings (SSSR count). The number of fused-ring (bicyclic) bond motifs is 1. The van der Waals surface area contributed by atoms with Crippen molar-refractivity contribution >= 4 is 41.4 Å². The summed E-state index contributed by atoms with van der Waals surface area (Å²) in [7, 11) is 0. The number of rotatable bonds is 1. The number of esters is 1. The van der Waals surface area contributed by atoms with Gasteiger partial charge in [-0.1, -0.05) is 11.6 Å². The first-order chi connectivity index (χ1) is 9.14. The lowest BCUT2D eigenvalue weighted by molar-refractivity contribution is -0.179. The summed E-state index contributed by atoms with van der Waals surface area (Å²) in [5, 5.41) is 3.45. The van der Waals surface area contributed by atoms with Gasteiger partial charge in [-0.05, 0) is 0 Å². The molecule has 0 spiro atoms. The summed E-state index contributed by atoms with van der Waals surface area (Å²) in [6.07, 6.45) is 0. The highest BCUT2D eigenvalue weighted by Gasteiger charge is 2.74. The smallest absolute Gasteiger partial charge is 0.330 e. The minimum absolute atomic E-state index is 0.383. The van der Waals surface area contributed by atoms with E-state index in [0.29, 0.717) is 4.90 Å². The molecule has 3 N–H and O–H groups in total. The Balaban J connectivity index is 2.62. The van der Waals surface area contributed by atoms with Gasteiger partial charge in [0.1, 0.15) is 0 Å². The number of halogens is 1. The number of hydrogen-bond acceptors (Lipinski definition) is 6. The molecule has 2 aliphatic heterocycles. The van der Waals surface area contributed by atoms with Crippen molar-refractivity contribution < 1.29 is 28.7 Å². The monoisotopic (exact) mass is 304 g/mol. The molecular weight excluding hydrogens is 296 g/mol. The molecule has 2 atom stereocenters. The van der Waals surface area contributed by atoms with Gasteiger partial charge < -0.3 is 4.74 Å². The number of alkyl halides is 1. The van der Waals surface area contributed by atoms with Crippen LogP contribution in [0.1, 0.15) is 13.8 Å². The zero-order chi connectivity index (χ0) is 15.3. The third-order valence-corrected chi connectivity index (χ3v) is 3.23. The Kier molecular flexibility index (Phi) is 2.86. The number of imide groups is 2. The lowest BCUT2D eigenvalue weighted by Crippen LogP contribution is -2.79. The molecule has 0 radical (unpaired) electrons. The average molecular weight is 305 g/mol. The molecule has 2 heterocycles. The fraction of sp³-hybridized carbons (Fsp3) is 0.444. The van der Waals surface area contributed by atoms with Gasteiger partial charge in [0.25, 0.3) is 11.0 Å². The molecule has 2 fully saturated rings. The summed E-state index contributed by atoms with van der Waals surface area (Å²) in [6.45, 7) is 1.96. The second kappa shape index (κ2) is 4.07. The van der Waals surface area contributed by atoms with Crippen LogP contribution in [0.25, 0.3) is 0 Å². The van der Waals surface area contributed by atoms with Crippen molar-refractivity contribution in [1.29, 1.82) is 0 Å². The molecule has 10 nitrogen and oxygen atoms in total. The highest BCUT2D eigenvalue weighted by molar-refractivity contribution is 6.33. The van der Waals surface area contributed by atoms with E-state index in [1.807, 2.05) is 10.6 Å². The third-order valence-electron chi connectivity index (χ3n) is 2.70. The molecule has 0 aliphatic carbocycles. The Bertz CT molecular complexity index is 565. The molecule has 11 heteroatoms. The van der Waals surface area contributed by atoms with Crippen LogP contribution in [0, 0.1) is 0 Å². The topological polar surface area (TPSA) is 134 Å². The van der Waals surface area contributed by atoms with Crippen molar-refractivity contribution in [1.82, 2.24) is 20.9 Å². The highest BCUT2D eigenvalue weighted by Crippen LogP contribution is 2.39. The Morgan fingerprint density at radius 1 is 1.20 bits per heavy atom. The van der Waals surface area contributed by atoms with Gasteiger partial charge >= 0.3 is 23.8 Å². The molecule has 20 heavy (non-hydrogen) atoms. The molecule has 0 aromatic carbocycles. The van der Waals surface area contributed by atoms with E-state index in [1.165, 1.54) is 0 Å². The number of amides is 6. The number of urea groups is 2. The third kappa shape index (κ3) is 1.61. The number of hydrogen-bond donors (Lipinski definition) is 3. The zero-order valence-electron chi connectivity index (χ0n) is 10.3. The zero-order valence-corrected chi connectivity index (χ0v) is 11.0. The van der Waals surface area contributed by atoms with E-state index in [9.17, 15) is 24.0 Å². The van der Waals surface area contributed by atoms with Crippen LogP contribution in [0.5, 0.6) is 0 Å². The Morgan fingerprint density at radius 3 is 2.30 bits per heavy atom. The van der Waals surface area contributed by atoms with Crippen molar-refractivity contribution in [3.8, 4) is 0 Å². The van der Waals surface area contributed by atoms with Gasteiger partial charge in [-0.15, -0.1) is 0 Å². The van der Waals surface area contributed by atoms with Crippen LogP contribution in [0.2, 0.25) is 0 Å². The number of carbonyl (C=O) groups excluding carboxylic acids is 5. The number of nitrogens with zero attached hydrogens (tertiary/aromatic N) is 1. The lowest BCUT2D eigenvalue weighted by Gasteiger charge is -2.42. The number of carbonyl (C=O) groups is 5. The Labute approximate surface area is 116 Å². The molecular formula is C9H9ClN4O6. The molecule has 0 aromatic heterocycles. The van der Waals surface area contributed by atoms with Crippen LogP contribution in [-0.2, 0) is 19.1 Å². The normalized spacial score (nSPS) is 31.9. The standard InChI is InChI=1S/C9H9ClN4O6/c1-3(15)14-7(19)13-8(20-4(2)16)5(17)11-6(18)12-9(8,14)10/h1-2H3,(H,13,19)(H2,11,12,17,18). The summed E-state index contributed by atoms with van der Waals surface area (Å²) in [5.74, 6) is -2.99. The van der Waals surface area contributed by atoms with Gasteiger partial charge in [0.05, 0.1) is 0 Å². The van der Waals surface area contributed by atoms with Gasteiger partial charge in [0, 0.05) is 13.8 Å². The first kappa shape index (κ1) is 14.1. The molecule has 6 amide bonds. The lowest BCUT2D eigenvalue weighted by atomic mass is 10.1. The fourth-order valence-electron chi connectivity index (χ4n) is 2.03. The van der Waals surface area contributed by atoms with Crippen LogP contribution >= 0.6 is 11.6 Å². The van der Waals surface area contributed by atoms with Crippen LogP contribution in [0.4, 0.5) is 9.59 Å². The van der Waals surface area contributed by atoms with E-state index >= 15 is 0 Å². The minimum Gasteiger partial charge on any atom is -0.423 e. The summed E-state index contributed by atoms with van der Waals surface area (Å²) in [5.41, 5.74) is -2.45. The molecule has 0 saturated carbocycles. The van der Waals surface area contributed by atoms with Gasteiger partial charge in [-0.2, -0.15) is 0 Å². The second-order valence-corrected chi connectivity index (χ2v) is 4.64. The summed E-state index contributed by atoms with van der Waals surface area (Å²) < 4.78 is 4.79. The van der Waals surface area contributed by atoms with E-state index in [-0.39, 0.29) is 0 Å². The van der Waals surface area contributed by atoms with Crippen LogP contribution in [0.15, 0.2) is 0 Å². The minimum atomic E-state index is -2.45. The van der Waals surface area contributed by atoms with Crippen molar-refractivity contribution in [3.05, 3.63) is 0 Å². The van der Waals surface area contributed by atoms with Gasteiger partial charge in [0.15, 0.2) is 0 Å². The van der Waals surface area contributed by atoms with Crippen molar-refractivity contribution in [3.63, 3.8) is 0 Å². The van der Waals surface area contributed by atoms with E-state index in [4.69, 9.17) is 16.3 Å².